The molecule has 146 valence electrons. The van der Waals surface area contributed by atoms with E-state index in [2.05, 4.69) is 40.0 Å². The molecule has 0 aliphatic rings. The van der Waals surface area contributed by atoms with Crippen LogP contribution >= 0.6 is 0 Å². The molecule has 0 spiro atoms. The van der Waals surface area contributed by atoms with E-state index in [-0.39, 0.29) is 18.0 Å². The SMILES string of the molecule is CCCOCc1ccccc1CN=C(NCC)NCC(=O)NC(C)(C)C. The molecule has 0 aliphatic heterocycles. The summed E-state index contributed by atoms with van der Waals surface area (Å²) in [7, 11) is 0. The van der Waals surface area contributed by atoms with Crippen molar-refractivity contribution in [3.63, 3.8) is 0 Å². The molecular formula is C20H34N4O2. The molecule has 6 nitrogen and oxygen atoms in total. The fourth-order valence-corrected chi connectivity index (χ4v) is 2.31. The smallest absolute Gasteiger partial charge is 0.239 e. The molecule has 1 aromatic carbocycles. The zero-order valence-corrected chi connectivity index (χ0v) is 16.8. The highest BCUT2D eigenvalue weighted by molar-refractivity contribution is 5.86. The maximum Gasteiger partial charge on any atom is 0.239 e. The van der Waals surface area contributed by atoms with Gasteiger partial charge in [0.1, 0.15) is 0 Å². The van der Waals surface area contributed by atoms with Crippen LogP contribution in [0.2, 0.25) is 0 Å². The van der Waals surface area contributed by atoms with Gasteiger partial charge in [-0.1, -0.05) is 31.2 Å². The van der Waals surface area contributed by atoms with Crippen molar-refractivity contribution in [2.24, 2.45) is 4.99 Å². The Labute approximate surface area is 157 Å². The summed E-state index contributed by atoms with van der Waals surface area (Å²) < 4.78 is 5.66. The quantitative estimate of drug-likeness (QED) is 0.359. The van der Waals surface area contributed by atoms with Gasteiger partial charge in [0.25, 0.3) is 0 Å². The van der Waals surface area contributed by atoms with E-state index in [0.29, 0.717) is 19.1 Å². The number of aliphatic imine (C=N–C) groups is 1. The van der Waals surface area contributed by atoms with Crippen molar-refractivity contribution in [1.29, 1.82) is 0 Å². The molecule has 3 N–H and O–H groups in total. The van der Waals surface area contributed by atoms with E-state index in [4.69, 9.17) is 4.74 Å². The lowest BCUT2D eigenvalue weighted by molar-refractivity contribution is -0.121. The molecular weight excluding hydrogens is 328 g/mol. The third kappa shape index (κ3) is 9.42. The number of carbonyl (C=O) groups is 1. The molecule has 0 atom stereocenters. The van der Waals surface area contributed by atoms with Gasteiger partial charge in [0.15, 0.2) is 5.96 Å². The number of benzene rings is 1. The number of amides is 1. The van der Waals surface area contributed by atoms with Crippen molar-refractivity contribution in [3.8, 4) is 0 Å². The van der Waals surface area contributed by atoms with Gasteiger partial charge < -0.3 is 20.7 Å². The minimum Gasteiger partial charge on any atom is -0.377 e. The van der Waals surface area contributed by atoms with Crippen molar-refractivity contribution < 1.29 is 9.53 Å². The molecule has 1 amide bonds. The Morgan fingerprint density at radius 3 is 2.42 bits per heavy atom. The highest BCUT2D eigenvalue weighted by Gasteiger charge is 2.13. The number of hydrogen-bond donors (Lipinski definition) is 3. The first kappa shape index (κ1) is 22.0. The van der Waals surface area contributed by atoms with Gasteiger partial charge in [-0.3, -0.25) is 4.79 Å². The summed E-state index contributed by atoms with van der Waals surface area (Å²) in [5.74, 6) is 0.567. The number of nitrogens with zero attached hydrogens (tertiary/aromatic N) is 1. The maximum absolute atomic E-state index is 12.0. The van der Waals surface area contributed by atoms with Crippen LogP contribution in [0.4, 0.5) is 0 Å². The molecule has 0 fully saturated rings. The molecule has 0 aliphatic carbocycles. The Morgan fingerprint density at radius 1 is 1.12 bits per heavy atom. The highest BCUT2D eigenvalue weighted by Crippen LogP contribution is 2.11. The second-order valence-electron chi connectivity index (χ2n) is 7.17. The van der Waals surface area contributed by atoms with Crippen LogP contribution in [0.5, 0.6) is 0 Å². The second kappa shape index (κ2) is 11.5. The summed E-state index contributed by atoms with van der Waals surface area (Å²) >= 11 is 0. The fourth-order valence-electron chi connectivity index (χ4n) is 2.31. The van der Waals surface area contributed by atoms with Crippen LogP contribution in [0.15, 0.2) is 29.3 Å². The summed E-state index contributed by atoms with van der Waals surface area (Å²) in [6, 6.07) is 8.14. The number of ether oxygens (including phenoxy) is 1. The number of rotatable bonds is 9. The molecule has 0 saturated heterocycles. The Balaban J connectivity index is 2.67. The van der Waals surface area contributed by atoms with Crippen LogP contribution in [0.25, 0.3) is 0 Å². The average Bonchev–Trinajstić information content (AvgIpc) is 2.57. The first-order valence-corrected chi connectivity index (χ1v) is 9.33. The van der Waals surface area contributed by atoms with Crippen LogP contribution in [0, 0.1) is 0 Å². The van der Waals surface area contributed by atoms with E-state index in [1.165, 1.54) is 0 Å². The van der Waals surface area contributed by atoms with Gasteiger partial charge in [-0.25, -0.2) is 4.99 Å². The molecule has 1 aromatic rings. The molecule has 6 heteroatoms. The summed E-state index contributed by atoms with van der Waals surface area (Å²) in [4.78, 5) is 16.6. The van der Waals surface area contributed by atoms with E-state index in [9.17, 15) is 4.79 Å². The summed E-state index contributed by atoms with van der Waals surface area (Å²) in [5, 5.41) is 9.18. The maximum atomic E-state index is 12.0. The Bertz CT molecular complexity index is 579. The second-order valence-corrected chi connectivity index (χ2v) is 7.17. The van der Waals surface area contributed by atoms with Crippen molar-refractivity contribution >= 4 is 11.9 Å². The van der Waals surface area contributed by atoms with Gasteiger partial charge in [-0.15, -0.1) is 0 Å². The predicted octanol–water partition coefficient (Wildman–Crippen LogP) is 2.58. The minimum absolute atomic E-state index is 0.0588. The van der Waals surface area contributed by atoms with E-state index < -0.39 is 0 Å². The minimum atomic E-state index is -0.244. The molecule has 0 saturated carbocycles. The standard InChI is InChI=1S/C20H34N4O2/c1-6-12-26-15-17-11-9-8-10-16(17)13-22-19(21-7-2)23-14-18(25)24-20(3,4)5/h8-11H,6-7,12-15H2,1-5H3,(H,24,25)(H2,21,22,23). The summed E-state index contributed by atoms with van der Waals surface area (Å²) in [6.07, 6.45) is 1.01. The van der Waals surface area contributed by atoms with Crippen LogP contribution in [0.3, 0.4) is 0 Å². The normalized spacial score (nSPS) is 12.0. The van der Waals surface area contributed by atoms with E-state index in [0.717, 1.165) is 30.7 Å². The average molecular weight is 363 g/mol. The van der Waals surface area contributed by atoms with Crippen LogP contribution < -0.4 is 16.0 Å². The van der Waals surface area contributed by atoms with Gasteiger partial charge in [0.2, 0.25) is 5.91 Å². The Kier molecular flexibility index (Phi) is 9.73. The van der Waals surface area contributed by atoms with Crippen LogP contribution in [-0.2, 0) is 22.7 Å². The highest BCUT2D eigenvalue weighted by atomic mass is 16.5. The van der Waals surface area contributed by atoms with Gasteiger partial charge in [0, 0.05) is 18.7 Å². The molecule has 26 heavy (non-hydrogen) atoms. The zero-order chi connectivity index (χ0) is 19.4. The molecule has 1 rings (SSSR count). The molecule has 0 aromatic heterocycles. The lowest BCUT2D eigenvalue weighted by Gasteiger charge is -2.21. The molecule has 0 bridgehead atoms. The molecule has 0 heterocycles. The van der Waals surface area contributed by atoms with E-state index in [1.807, 2.05) is 39.8 Å². The number of guanidine groups is 1. The third-order valence-electron chi connectivity index (χ3n) is 3.41. The van der Waals surface area contributed by atoms with Crippen molar-refractivity contribution in [2.75, 3.05) is 19.7 Å². The van der Waals surface area contributed by atoms with E-state index >= 15 is 0 Å². The molecule has 0 radical (unpaired) electrons. The lowest BCUT2D eigenvalue weighted by Crippen LogP contribution is -2.48. The largest absolute Gasteiger partial charge is 0.377 e. The summed E-state index contributed by atoms with van der Waals surface area (Å²) in [5.41, 5.74) is 2.03. The van der Waals surface area contributed by atoms with Crippen molar-refractivity contribution in [1.82, 2.24) is 16.0 Å². The van der Waals surface area contributed by atoms with Crippen molar-refractivity contribution in [3.05, 3.63) is 35.4 Å². The first-order valence-electron chi connectivity index (χ1n) is 9.33. The zero-order valence-electron chi connectivity index (χ0n) is 16.8. The van der Waals surface area contributed by atoms with Gasteiger partial charge >= 0.3 is 0 Å². The third-order valence-corrected chi connectivity index (χ3v) is 3.41. The fraction of sp³-hybridized carbons (Fsp3) is 0.600. The van der Waals surface area contributed by atoms with Gasteiger partial charge in [-0.05, 0) is 45.2 Å². The monoisotopic (exact) mass is 362 g/mol. The molecule has 0 unspecified atom stereocenters. The van der Waals surface area contributed by atoms with Crippen molar-refractivity contribution in [2.45, 2.75) is 59.7 Å². The Morgan fingerprint density at radius 2 is 1.81 bits per heavy atom. The van der Waals surface area contributed by atoms with Gasteiger partial charge in [-0.2, -0.15) is 0 Å². The lowest BCUT2D eigenvalue weighted by atomic mass is 10.1. The first-order chi connectivity index (χ1) is 12.4. The number of carbonyl (C=O) groups excluding carboxylic acids is 1. The van der Waals surface area contributed by atoms with E-state index in [1.54, 1.807) is 0 Å². The number of nitrogens with one attached hydrogen (secondary N) is 3. The topological polar surface area (TPSA) is 74.8 Å². The summed E-state index contributed by atoms with van der Waals surface area (Å²) in [6.45, 7) is 12.8. The Hall–Kier alpha value is -2.08. The van der Waals surface area contributed by atoms with Crippen LogP contribution in [-0.4, -0.2) is 37.1 Å². The van der Waals surface area contributed by atoms with Gasteiger partial charge in [0.05, 0.1) is 19.7 Å². The number of hydrogen-bond acceptors (Lipinski definition) is 3. The predicted molar refractivity (Wildman–Crippen MR) is 107 cm³/mol. The van der Waals surface area contributed by atoms with Crippen LogP contribution in [0.1, 0.15) is 52.2 Å².